The molecule has 7 heteroatoms. The lowest BCUT2D eigenvalue weighted by Gasteiger charge is -2.13. The Morgan fingerprint density at radius 3 is 2.84 bits per heavy atom. The first-order valence-corrected chi connectivity index (χ1v) is 9.30. The van der Waals surface area contributed by atoms with E-state index in [1.165, 1.54) is 24.2 Å². The summed E-state index contributed by atoms with van der Waals surface area (Å²) in [6.45, 7) is 2.65. The SMILES string of the molecule is COc1c2c(n(C)c(=O)c1C)CN(C(=O)c1cnc(CC3CC3)s1)C2. The minimum absolute atomic E-state index is 0.0251. The molecule has 2 aliphatic rings. The van der Waals surface area contributed by atoms with E-state index in [4.69, 9.17) is 4.74 Å². The lowest BCUT2D eigenvalue weighted by Crippen LogP contribution is -2.26. The standard InChI is InChI=1S/C18H21N3O3S/c1-10-16(24-3)12-8-21(9-13(12)20(2)17(10)22)18(23)14-7-19-15(25-14)6-11-4-5-11/h7,11H,4-6,8-9H2,1-3H3. The molecule has 0 unspecified atom stereocenters. The first kappa shape index (κ1) is 16.3. The Bertz CT molecular complexity index is 911. The van der Waals surface area contributed by atoms with Gasteiger partial charge in [-0.25, -0.2) is 4.98 Å². The second-order valence-electron chi connectivity index (χ2n) is 6.87. The Hall–Kier alpha value is -2.15. The maximum atomic E-state index is 12.9. The van der Waals surface area contributed by atoms with Crippen LogP contribution >= 0.6 is 11.3 Å². The fourth-order valence-electron chi connectivity index (χ4n) is 3.47. The molecular weight excluding hydrogens is 338 g/mol. The summed E-state index contributed by atoms with van der Waals surface area (Å²) in [6, 6.07) is 0. The average molecular weight is 359 g/mol. The number of thiazole rings is 1. The van der Waals surface area contributed by atoms with Crippen LogP contribution in [-0.4, -0.2) is 27.5 Å². The molecule has 3 heterocycles. The fourth-order valence-corrected chi connectivity index (χ4v) is 4.47. The highest BCUT2D eigenvalue weighted by atomic mass is 32.1. The van der Waals surface area contributed by atoms with Crippen molar-refractivity contribution in [1.82, 2.24) is 14.5 Å². The van der Waals surface area contributed by atoms with E-state index in [2.05, 4.69) is 4.98 Å². The summed E-state index contributed by atoms with van der Waals surface area (Å²) < 4.78 is 7.08. The number of methoxy groups -OCH3 is 1. The van der Waals surface area contributed by atoms with Gasteiger partial charge < -0.3 is 14.2 Å². The van der Waals surface area contributed by atoms with E-state index in [0.29, 0.717) is 29.3 Å². The lowest BCUT2D eigenvalue weighted by molar-refractivity contribution is 0.0754. The smallest absolute Gasteiger partial charge is 0.266 e. The molecule has 132 valence electrons. The quantitative estimate of drug-likeness (QED) is 0.840. The number of amides is 1. The summed E-state index contributed by atoms with van der Waals surface area (Å²) in [6.07, 6.45) is 5.23. The number of carbonyl (C=O) groups excluding carboxylic acids is 1. The molecule has 1 amide bonds. The van der Waals surface area contributed by atoms with Crippen LogP contribution in [0.1, 0.15) is 44.3 Å². The fraction of sp³-hybridized carbons (Fsp3) is 0.500. The van der Waals surface area contributed by atoms with E-state index < -0.39 is 0 Å². The number of ether oxygens (including phenoxy) is 1. The molecule has 0 aromatic carbocycles. The molecule has 6 nitrogen and oxygen atoms in total. The third kappa shape index (κ3) is 2.76. The minimum Gasteiger partial charge on any atom is -0.496 e. The number of carbonyl (C=O) groups is 1. The number of hydrogen-bond acceptors (Lipinski definition) is 5. The van der Waals surface area contributed by atoms with Crippen LogP contribution in [0, 0.1) is 12.8 Å². The highest BCUT2D eigenvalue weighted by Gasteiger charge is 2.32. The minimum atomic E-state index is -0.0746. The Morgan fingerprint density at radius 1 is 1.40 bits per heavy atom. The van der Waals surface area contributed by atoms with Crippen LogP contribution in [-0.2, 0) is 26.6 Å². The molecule has 0 bridgehead atoms. The summed E-state index contributed by atoms with van der Waals surface area (Å²) in [5.41, 5.74) is 2.29. The maximum Gasteiger partial charge on any atom is 0.266 e. The molecule has 0 atom stereocenters. The molecule has 4 rings (SSSR count). The highest BCUT2D eigenvalue weighted by molar-refractivity contribution is 7.13. The largest absolute Gasteiger partial charge is 0.496 e. The zero-order valence-electron chi connectivity index (χ0n) is 14.7. The van der Waals surface area contributed by atoms with E-state index in [1.54, 1.807) is 36.7 Å². The van der Waals surface area contributed by atoms with Gasteiger partial charge in [-0.1, -0.05) is 0 Å². The summed E-state index contributed by atoms with van der Waals surface area (Å²) in [7, 11) is 3.32. The van der Waals surface area contributed by atoms with Gasteiger partial charge in [-0.05, 0) is 25.7 Å². The van der Waals surface area contributed by atoms with Crippen LogP contribution in [0.3, 0.4) is 0 Å². The van der Waals surface area contributed by atoms with Crippen molar-refractivity contribution in [2.24, 2.45) is 13.0 Å². The maximum absolute atomic E-state index is 12.9. The van der Waals surface area contributed by atoms with Crippen LogP contribution in [0.15, 0.2) is 11.0 Å². The van der Waals surface area contributed by atoms with Crippen LogP contribution < -0.4 is 10.3 Å². The third-order valence-electron chi connectivity index (χ3n) is 5.10. The highest BCUT2D eigenvalue weighted by Crippen LogP contribution is 2.35. The van der Waals surface area contributed by atoms with Gasteiger partial charge in [0.15, 0.2) is 0 Å². The monoisotopic (exact) mass is 359 g/mol. The van der Waals surface area contributed by atoms with Crippen LogP contribution in [0.5, 0.6) is 5.75 Å². The number of hydrogen-bond donors (Lipinski definition) is 0. The molecule has 25 heavy (non-hydrogen) atoms. The first-order valence-electron chi connectivity index (χ1n) is 8.49. The van der Waals surface area contributed by atoms with Gasteiger partial charge in [0, 0.05) is 24.7 Å². The van der Waals surface area contributed by atoms with Crippen molar-refractivity contribution < 1.29 is 9.53 Å². The molecule has 1 aliphatic carbocycles. The van der Waals surface area contributed by atoms with Crippen molar-refractivity contribution >= 4 is 17.2 Å². The Balaban J connectivity index is 1.60. The average Bonchev–Trinajstić information content (AvgIpc) is 3.11. The second-order valence-corrected chi connectivity index (χ2v) is 7.99. The molecule has 0 radical (unpaired) electrons. The number of rotatable bonds is 4. The molecule has 1 saturated carbocycles. The third-order valence-corrected chi connectivity index (χ3v) is 6.11. The van der Waals surface area contributed by atoms with Gasteiger partial charge in [0.05, 0.1) is 37.0 Å². The van der Waals surface area contributed by atoms with Gasteiger partial charge in [-0.15, -0.1) is 11.3 Å². The molecule has 1 aliphatic heterocycles. The first-order chi connectivity index (χ1) is 12.0. The van der Waals surface area contributed by atoms with E-state index in [-0.39, 0.29) is 11.5 Å². The van der Waals surface area contributed by atoms with E-state index >= 15 is 0 Å². The number of aromatic nitrogens is 2. The van der Waals surface area contributed by atoms with Crippen molar-refractivity contribution in [3.05, 3.63) is 43.3 Å². The second kappa shape index (κ2) is 5.98. The van der Waals surface area contributed by atoms with Crippen molar-refractivity contribution in [3.63, 3.8) is 0 Å². The molecule has 0 saturated heterocycles. The normalized spacial score (nSPS) is 16.2. The van der Waals surface area contributed by atoms with E-state index in [1.807, 2.05) is 0 Å². The van der Waals surface area contributed by atoms with Crippen LogP contribution in [0.25, 0.3) is 0 Å². The molecule has 2 aromatic heterocycles. The Labute approximate surface area is 150 Å². The Kier molecular flexibility index (Phi) is 3.91. The number of nitrogens with zero attached hydrogens (tertiary/aromatic N) is 3. The van der Waals surface area contributed by atoms with Gasteiger partial charge in [-0.2, -0.15) is 0 Å². The Morgan fingerprint density at radius 2 is 2.16 bits per heavy atom. The summed E-state index contributed by atoms with van der Waals surface area (Å²) in [4.78, 5) is 32.1. The molecule has 1 fully saturated rings. The molecular formula is C18H21N3O3S. The lowest BCUT2D eigenvalue weighted by atomic mass is 10.1. The summed E-state index contributed by atoms with van der Waals surface area (Å²) in [5.74, 6) is 1.34. The summed E-state index contributed by atoms with van der Waals surface area (Å²) >= 11 is 1.49. The van der Waals surface area contributed by atoms with Crippen LogP contribution in [0.2, 0.25) is 0 Å². The van der Waals surface area contributed by atoms with Gasteiger partial charge >= 0.3 is 0 Å². The van der Waals surface area contributed by atoms with Gasteiger partial charge in [-0.3, -0.25) is 9.59 Å². The van der Waals surface area contributed by atoms with E-state index in [0.717, 1.165) is 28.6 Å². The summed E-state index contributed by atoms with van der Waals surface area (Å²) in [5, 5.41) is 1.04. The van der Waals surface area contributed by atoms with Crippen molar-refractivity contribution in [2.75, 3.05) is 7.11 Å². The predicted octanol–water partition coefficient (Wildman–Crippen LogP) is 2.27. The number of pyridine rings is 1. The predicted molar refractivity (Wildman–Crippen MR) is 95.1 cm³/mol. The molecule has 0 N–H and O–H groups in total. The number of fused-ring (bicyclic) bond motifs is 1. The topological polar surface area (TPSA) is 64.4 Å². The molecule has 0 spiro atoms. The van der Waals surface area contributed by atoms with E-state index in [9.17, 15) is 9.59 Å². The zero-order valence-corrected chi connectivity index (χ0v) is 15.5. The van der Waals surface area contributed by atoms with Crippen molar-refractivity contribution in [2.45, 2.75) is 39.3 Å². The molecule has 2 aromatic rings. The van der Waals surface area contributed by atoms with Crippen molar-refractivity contribution in [3.8, 4) is 5.75 Å². The zero-order chi connectivity index (χ0) is 17.7. The van der Waals surface area contributed by atoms with Gasteiger partial charge in [0.1, 0.15) is 10.6 Å². The van der Waals surface area contributed by atoms with Gasteiger partial charge in [0.25, 0.3) is 11.5 Å². The van der Waals surface area contributed by atoms with Crippen LogP contribution in [0.4, 0.5) is 0 Å². The van der Waals surface area contributed by atoms with Crippen molar-refractivity contribution in [1.29, 1.82) is 0 Å². The van der Waals surface area contributed by atoms with Gasteiger partial charge in [0.2, 0.25) is 0 Å².